The smallest absolute Gasteiger partial charge is 0.146 e. The summed E-state index contributed by atoms with van der Waals surface area (Å²) in [4.78, 5) is 7.94. The summed E-state index contributed by atoms with van der Waals surface area (Å²) >= 11 is 7.00. The standard InChI is InChI=1S/C16H10Br2N2O2/c17-11-9-14(21-12-1-5-19-6-2-12)16(18)15(10-11)22-13-3-7-20-8-4-13/h1-10H. The molecule has 0 unspecified atom stereocenters. The van der Waals surface area contributed by atoms with Gasteiger partial charge in [-0.15, -0.1) is 0 Å². The summed E-state index contributed by atoms with van der Waals surface area (Å²) in [6.45, 7) is 0. The van der Waals surface area contributed by atoms with E-state index in [9.17, 15) is 0 Å². The van der Waals surface area contributed by atoms with Crippen LogP contribution in [0.2, 0.25) is 0 Å². The van der Waals surface area contributed by atoms with Crippen LogP contribution in [0.5, 0.6) is 23.0 Å². The number of pyridine rings is 2. The summed E-state index contributed by atoms with van der Waals surface area (Å²) in [6.07, 6.45) is 6.70. The van der Waals surface area contributed by atoms with Crippen LogP contribution in [0.25, 0.3) is 0 Å². The second kappa shape index (κ2) is 6.89. The summed E-state index contributed by atoms with van der Waals surface area (Å²) in [5.41, 5.74) is 0. The Morgan fingerprint density at radius 2 is 1.09 bits per heavy atom. The molecule has 0 aliphatic heterocycles. The van der Waals surface area contributed by atoms with Crippen LogP contribution in [0, 0.1) is 0 Å². The molecular weight excluding hydrogens is 412 g/mol. The van der Waals surface area contributed by atoms with Crippen molar-refractivity contribution >= 4 is 31.9 Å². The molecule has 0 N–H and O–H groups in total. The van der Waals surface area contributed by atoms with Gasteiger partial charge in [0.05, 0.1) is 0 Å². The zero-order valence-corrected chi connectivity index (χ0v) is 14.4. The molecule has 0 fully saturated rings. The molecular formula is C16H10Br2N2O2. The minimum Gasteiger partial charge on any atom is -0.456 e. The van der Waals surface area contributed by atoms with Crippen LogP contribution in [-0.4, -0.2) is 9.97 Å². The normalized spacial score (nSPS) is 10.3. The molecule has 6 heteroatoms. The van der Waals surface area contributed by atoms with Crippen LogP contribution >= 0.6 is 31.9 Å². The zero-order valence-electron chi connectivity index (χ0n) is 11.2. The highest BCUT2D eigenvalue weighted by molar-refractivity contribution is 9.11. The lowest BCUT2D eigenvalue weighted by molar-refractivity contribution is 0.453. The molecule has 0 atom stereocenters. The highest BCUT2D eigenvalue weighted by Crippen LogP contribution is 2.41. The Balaban J connectivity index is 1.92. The first-order valence-corrected chi connectivity index (χ1v) is 7.96. The van der Waals surface area contributed by atoms with Crippen molar-refractivity contribution < 1.29 is 9.47 Å². The molecule has 0 bridgehead atoms. The van der Waals surface area contributed by atoms with Crippen LogP contribution in [0.3, 0.4) is 0 Å². The lowest BCUT2D eigenvalue weighted by Gasteiger charge is -2.13. The molecule has 0 aliphatic rings. The van der Waals surface area contributed by atoms with Crippen LogP contribution in [0.1, 0.15) is 0 Å². The molecule has 4 nitrogen and oxygen atoms in total. The van der Waals surface area contributed by atoms with Gasteiger partial charge < -0.3 is 9.47 Å². The topological polar surface area (TPSA) is 44.2 Å². The predicted octanol–water partition coefficient (Wildman–Crippen LogP) is 5.59. The van der Waals surface area contributed by atoms with Gasteiger partial charge in [0.15, 0.2) is 0 Å². The first kappa shape index (κ1) is 15.0. The first-order chi connectivity index (χ1) is 10.7. The molecule has 3 rings (SSSR count). The van der Waals surface area contributed by atoms with E-state index in [1.54, 1.807) is 49.1 Å². The fraction of sp³-hybridized carbons (Fsp3) is 0. The number of hydrogen-bond acceptors (Lipinski definition) is 4. The lowest BCUT2D eigenvalue weighted by atomic mass is 10.3. The molecule has 0 amide bonds. The van der Waals surface area contributed by atoms with Crippen molar-refractivity contribution in [2.75, 3.05) is 0 Å². The summed E-state index contributed by atoms with van der Waals surface area (Å²) < 4.78 is 13.3. The minimum absolute atomic E-state index is 0.643. The van der Waals surface area contributed by atoms with Crippen LogP contribution in [-0.2, 0) is 0 Å². The van der Waals surface area contributed by atoms with Crippen molar-refractivity contribution in [1.29, 1.82) is 0 Å². The maximum atomic E-state index is 5.86. The molecule has 0 saturated carbocycles. The Labute approximate surface area is 144 Å². The van der Waals surface area contributed by atoms with Crippen LogP contribution in [0.4, 0.5) is 0 Å². The van der Waals surface area contributed by atoms with Gasteiger partial charge in [0.25, 0.3) is 0 Å². The Morgan fingerprint density at radius 3 is 1.50 bits per heavy atom. The summed E-state index contributed by atoms with van der Waals surface area (Å²) in [5.74, 6) is 2.68. The Kier molecular flexibility index (Phi) is 4.70. The molecule has 0 aliphatic carbocycles. The average Bonchev–Trinajstić information content (AvgIpc) is 2.54. The Morgan fingerprint density at radius 1 is 0.682 bits per heavy atom. The number of hydrogen-bond donors (Lipinski definition) is 0. The van der Waals surface area contributed by atoms with Gasteiger partial charge in [-0.1, -0.05) is 15.9 Å². The van der Waals surface area contributed by atoms with Crippen molar-refractivity contribution in [2.45, 2.75) is 0 Å². The van der Waals surface area contributed by atoms with E-state index in [0.717, 1.165) is 8.95 Å². The van der Waals surface area contributed by atoms with E-state index in [4.69, 9.17) is 9.47 Å². The van der Waals surface area contributed by atoms with Gasteiger partial charge in [-0.2, -0.15) is 0 Å². The molecule has 0 spiro atoms. The largest absolute Gasteiger partial charge is 0.456 e. The summed E-state index contributed by atoms with van der Waals surface area (Å²) in [7, 11) is 0. The lowest BCUT2D eigenvalue weighted by Crippen LogP contribution is -1.91. The van der Waals surface area contributed by atoms with Crippen LogP contribution in [0.15, 0.2) is 70.1 Å². The minimum atomic E-state index is 0.643. The van der Waals surface area contributed by atoms with Gasteiger partial charge in [-0.25, -0.2) is 0 Å². The maximum Gasteiger partial charge on any atom is 0.146 e. The van der Waals surface area contributed by atoms with E-state index >= 15 is 0 Å². The quantitative estimate of drug-likeness (QED) is 0.551. The van der Waals surface area contributed by atoms with Gasteiger partial charge in [0, 0.05) is 29.3 Å². The molecule has 2 heterocycles. The van der Waals surface area contributed by atoms with Crippen molar-refractivity contribution in [2.24, 2.45) is 0 Å². The van der Waals surface area contributed by atoms with Gasteiger partial charge in [0.2, 0.25) is 0 Å². The molecule has 0 radical (unpaired) electrons. The molecule has 2 aromatic heterocycles. The van der Waals surface area contributed by atoms with Crippen LogP contribution < -0.4 is 9.47 Å². The second-order valence-corrected chi connectivity index (χ2v) is 5.99. The zero-order chi connectivity index (χ0) is 15.4. The van der Waals surface area contributed by atoms with E-state index in [0.29, 0.717) is 23.0 Å². The fourth-order valence-electron chi connectivity index (χ4n) is 1.76. The van der Waals surface area contributed by atoms with Gasteiger partial charge in [0.1, 0.15) is 27.5 Å². The van der Waals surface area contributed by atoms with Gasteiger partial charge >= 0.3 is 0 Å². The van der Waals surface area contributed by atoms with E-state index < -0.39 is 0 Å². The third kappa shape index (κ3) is 3.64. The monoisotopic (exact) mass is 420 g/mol. The predicted molar refractivity (Wildman–Crippen MR) is 90.5 cm³/mol. The Bertz CT molecular complexity index is 705. The number of aromatic nitrogens is 2. The maximum absolute atomic E-state index is 5.86. The van der Waals surface area contributed by atoms with E-state index in [-0.39, 0.29) is 0 Å². The van der Waals surface area contributed by atoms with Gasteiger partial charge in [-0.3, -0.25) is 9.97 Å². The summed E-state index contributed by atoms with van der Waals surface area (Å²) in [5, 5.41) is 0. The molecule has 110 valence electrons. The van der Waals surface area contributed by atoms with Crippen molar-refractivity contribution in [1.82, 2.24) is 9.97 Å². The second-order valence-electron chi connectivity index (χ2n) is 4.29. The average molecular weight is 422 g/mol. The molecule has 22 heavy (non-hydrogen) atoms. The summed E-state index contributed by atoms with van der Waals surface area (Å²) in [6, 6.07) is 10.9. The van der Waals surface area contributed by atoms with Crippen molar-refractivity contribution in [3.05, 3.63) is 70.1 Å². The molecule has 1 aromatic carbocycles. The van der Waals surface area contributed by atoms with Gasteiger partial charge in [-0.05, 0) is 52.3 Å². The van der Waals surface area contributed by atoms with E-state index in [2.05, 4.69) is 41.8 Å². The third-order valence-electron chi connectivity index (χ3n) is 2.73. The number of halogens is 2. The van der Waals surface area contributed by atoms with Crippen molar-refractivity contribution in [3.8, 4) is 23.0 Å². The fourth-order valence-corrected chi connectivity index (χ4v) is 2.56. The van der Waals surface area contributed by atoms with E-state index in [1.165, 1.54) is 0 Å². The number of nitrogens with zero attached hydrogens (tertiary/aromatic N) is 2. The number of benzene rings is 1. The molecule has 3 aromatic rings. The highest BCUT2D eigenvalue weighted by atomic mass is 79.9. The van der Waals surface area contributed by atoms with E-state index in [1.807, 2.05) is 12.1 Å². The third-order valence-corrected chi connectivity index (χ3v) is 3.97. The number of ether oxygens (including phenoxy) is 2. The van der Waals surface area contributed by atoms with Crippen molar-refractivity contribution in [3.63, 3.8) is 0 Å². The Hall–Kier alpha value is -1.92. The highest BCUT2D eigenvalue weighted by Gasteiger charge is 2.12. The first-order valence-electron chi connectivity index (χ1n) is 6.37. The molecule has 0 saturated heterocycles. The SMILES string of the molecule is Brc1cc(Oc2ccncc2)c(Br)c(Oc2ccncc2)c1. The number of rotatable bonds is 4.